The van der Waals surface area contributed by atoms with E-state index in [9.17, 15) is 9.59 Å². The number of unbranched alkanes of at least 4 members (excludes halogenated alkanes) is 1. The summed E-state index contributed by atoms with van der Waals surface area (Å²) in [4.78, 5) is 28.4. The van der Waals surface area contributed by atoms with Crippen molar-refractivity contribution in [2.24, 2.45) is 5.92 Å². The van der Waals surface area contributed by atoms with E-state index in [0.717, 1.165) is 29.5 Å². The minimum Gasteiger partial charge on any atom is -0.496 e. The molecule has 2 unspecified atom stereocenters. The molecule has 1 aliphatic heterocycles. The number of hydrogen-bond acceptors (Lipinski definition) is 4. The van der Waals surface area contributed by atoms with Crippen molar-refractivity contribution in [2.75, 3.05) is 13.7 Å². The molecule has 0 bridgehead atoms. The van der Waals surface area contributed by atoms with Gasteiger partial charge in [0, 0.05) is 25.1 Å². The van der Waals surface area contributed by atoms with Crippen LogP contribution in [0, 0.1) is 5.92 Å². The van der Waals surface area contributed by atoms with E-state index in [-0.39, 0.29) is 29.9 Å². The summed E-state index contributed by atoms with van der Waals surface area (Å²) in [6.45, 7) is 7.70. The third-order valence-corrected chi connectivity index (χ3v) is 6.40. The topological polar surface area (TPSA) is 67.9 Å². The van der Waals surface area contributed by atoms with E-state index < -0.39 is 0 Å². The molecule has 1 fully saturated rings. The molecule has 2 aromatic carbocycles. The van der Waals surface area contributed by atoms with Gasteiger partial charge in [-0.2, -0.15) is 0 Å². The zero-order valence-corrected chi connectivity index (χ0v) is 20.9. The zero-order valence-electron chi connectivity index (χ0n) is 20.9. The van der Waals surface area contributed by atoms with Crippen molar-refractivity contribution in [3.63, 3.8) is 0 Å². The Hall–Kier alpha value is -2.86. The molecule has 1 aliphatic rings. The summed E-state index contributed by atoms with van der Waals surface area (Å²) in [5, 5.41) is 3.15. The number of methoxy groups -OCH3 is 1. The van der Waals surface area contributed by atoms with Gasteiger partial charge in [0.05, 0.1) is 31.8 Å². The molecule has 184 valence electrons. The first-order chi connectivity index (χ1) is 16.5. The van der Waals surface area contributed by atoms with Gasteiger partial charge in [-0.05, 0) is 43.9 Å². The van der Waals surface area contributed by atoms with Crippen molar-refractivity contribution in [1.29, 1.82) is 0 Å². The summed E-state index contributed by atoms with van der Waals surface area (Å²) >= 11 is 0. The molecule has 34 heavy (non-hydrogen) atoms. The molecule has 0 saturated carbocycles. The lowest BCUT2D eigenvalue weighted by Crippen LogP contribution is -2.48. The van der Waals surface area contributed by atoms with Crippen molar-refractivity contribution in [3.8, 4) is 5.75 Å². The van der Waals surface area contributed by atoms with Gasteiger partial charge in [-0.3, -0.25) is 9.59 Å². The van der Waals surface area contributed by atoms with Gasteiger partial charge in [-0.15, -0.1) is 0 Å². The molecule has 0 spiro atoms. The fraction of sp³-hybridized carbons (Fsp3) is 0.500. The molecule has 6 nitrogen and oxygen atoms in total. The molecule has 0 aliphatic carbocycles. The summed E-state index contributed by atoms with van der Waals surface area (Å²) in [7, 11) is 1.63. The predicted octanol–water partition coefficient (Wildman–Crippen LogP) is 5.02. The van der Waals surface area contributed by atoms with Crippen LogP contribution in [0.1, 0.15) is 69.2 Å². The summed E-state index contributed by atoms with van der Waals surface area (Å²) in [6.07, 6.45) is 2.92. The first kappa shape index (κ1) is 25.8. The first-order valence-corrected chi connectivity index (χ1v) is 12.3. The van der Waals surface area contributed by atoms with Crippen molar-refractivity contribution >= 4 is 11.8 Å². The molecular formula is C28H38N2O4. The van der Waals surface area contributed by atoms with Crippen molar-refractivity contribution < 1.29 is 19.1 Å². The maximum absolute atomic E-state index is 13.5. The number of likely N-dealkylation sites (tertiary alicyclic amines) is 1. The number of nitrogens with zero attached hydrogens (tertiary/aromatic N) is 1. The van der Waals surface area contributed by atoms with Gasteiger partial charge in [0.1, 0.15) is 5.75 Å². The van der Waals surface area contributed by atoms with Gasteiger partial charge in [-0.25, -0.2) is 0 Å². The maximum atomic E-state index is 13.5. The number of ether oxygens (including phenoxy) is 2. The highest BCUT2D eigenvalue weighted by atomic mass is 16.5. The fourth-order valence-corrected chi connectivity index (χ4v) is 4.56. The van der Waals surface area contributed by atoms with Crippen LogP contribution in [-0.4, -0.2) is 36.5 Å². The van der Waals surface area contributed by atoms with E-state index in [1.807, 2.05) is 67.3 Å². The highest BCUT2D eigenvalue weighted by molar-refractivity contribution is 5.85. The highest BCUT2D eigenvalue weighted by Gasteiger charge is 2.41. The minimum atomic E-state index is -0.344. The molecular weight excluding hydrogens is 428 g/mol. The van der Waals surface area contributed by atoms with Crippen molar-refractivity contribution in [2.45, 2.75) is 71.8 Å². The second kappa shape index (κ2) is 12.6. The van der Waals surface area contributed by atoms with Crippen LogP contribution in [0.15, 0.2) is 48.5 Å². The molecule has 1 N–H and O–H groups in total. The van der Waals surface area contributed by atoms with Crippen LogP contribution in [0.5, 0.6) is 5.75 Å². The number of amides is 2. The summed E-state index contributed by atoms with van der Waals surface area (Å²) < 4.78 is 11.4. The van der Waals surface area contributed by atoms with E-state index >= 15 is 0 Å². The number of benzene rings is 2. The molecule has 0 radical (unpaired) electrons. The van der Waals surface area contributed by atoms with Gasteiger partial charge in [0.2, 0.25) is 11.8 Å². The molecule has 3 rings (SSSR count). The second-order valence-corrected chi connectivity index (χ2v) is 9.12. The number of carbonyl (C=O) groups is 2. The Morgan fingerprint density at radius 3 is 2.53 bits per heavy atom. The number of rotatable bonds is 11. The molecule has 2 aromatic rings. The van der Waals surface area contributed by atoms with Crippen LogP contribution in [-0.2, 0) is 27.5 Å². The van der Waals surface area contributed by atoms with Gasteiger partial charge >= 0.3 is 0 Å². The average molecular weight is 467 g/mol. The van der Waals surface area contributed by atoms with Gasteiger partial charge < -0.3 is 19.7 Å². The van der Waals surface area contributed by atoms with E-state index in [2.05, 4.69) is 12.2 Å². The van der Waals surface area contributed by atoms with Gasteiger partial charge in [0.15, 0.2) is 0 Å². The molecule has 1 heterocycles. The third kappa shape index (κ3) is 6.38. The Kier molecular flexibility index (Phi) is 9.52. The number of piperidine rings is 1. The monoisotopic (exact) mass is 466 g/mol. The molecule has 6 heteroatoms. The van der Waals surface area contributed by atoms with Crippen LogP contribution < -0.4 is 10.1 Å². The summed E-state index contributed by atoms with van der Waals surface area (Å²) in [5.74, 6) is 0.427. The standard InChI is InChI=1S/C28H38N2O4/c1-5-6-17-30-26(31)16-15-24(27(30)23-13-9-10-14-25(23)33-4)28(32)29-18-21-11-7-8-12-22(21)19-34-20(2)3/h7-14,20,24,27H,5-6,15-19H2,1-4H3,(H,29,32). The Morgan fingerprint density at radius 2 is 1.82 bits per heavy atom. The zero-order chi connectivity index (χ0) is 24.5. The van der Waals surface area contributed by atoms with Crippen molar-refractivity contribution in [1.82, 2.24) is 10.2 Å². The molecule has 2 amide bonds. The van der Waals surface area contributed by atoms with E-state index in [0.29, 0.717) is 38.3 Å². The predicted molar refractivity (Wildman–Crippen MR) is 133 cm³/mol. The largest absolute Gasteiger partial charge is 0.496 e. The normalized spacial score (nSPS) is 18.3. The lowest BCUT2D eigenvalue weighted by molar-refractivity contribution is -0.143. The number of para-hydroxylation sites is 1. The average Bonchev–Trinajstić information content (AvgIpc) is 2.85. The van der Waals surface area contributed by atoms with Crippen molar-refractivity contribution in [3.05, 3.63) is 65.2 Å². The fourth-order valence-electron chi connectivity index (χ4n) is 4.56. The van der Waals surface area contributed by atoms with E-state index in [1.54, 1.807) is 7.11 Å². The quantitative estimate of drug-likeness (QED) is 0.505. The maximum Gasteiger partial charge on any atom is 0.225 e. The molecule has 1 saturated heterocycles. The lowest BCUT2D eigenvalue weighted by Gasteiger charge is -2.41. The van der Waals surface area contributed by atoms with Crippen LogP contribution in [0.3, 0.4) is 0 Å². The van der Waals surface area contributed by atoms with Crippen LogP contribution in [0.4, 0.5) is 0 Å². The number of nitrogens with one attached hydrogen (secondary N) is 1. The Morgan fingerprint density at radius 1 is 1.12 bits per heavy atom. The van der Waals surface area contributed by atoms with Gasteiger partial charge in [-0.1, -0.05) is 55.8 Å². The second-order valence-electron chi connectivity index (χ2n) is 9.12. The Labute approximate surface area is 203 Å². The first-order valence-electron chi connectivity index (χ1n) is 12.3. The molecule has 2 atom stereocenters. The molecule has 0 aromatic heterocycles. The van der Waals surface area contributed by atoms with E-state index in [4.69, 9.17) is 9.47 Å². The minimum absolute atomic E-state index is 0.0375. The SMILES string of the molecule is CCCCN1C(=O)CCC(C(=O)NCc2ccccc2COC(C)C)C1c1ccccc1OC. The lowest BCUT2D eigenvalue weighted by atomic mass is 9.83. The highest BCUT2D eigenvalue weighted by Crippen LogP contribution is 2.41. The Bertz CT molecular complexity index is 959. The number of carbonyl (C=O) groups excluding carboxylic acids is 2. The van der Waals surface area contributed by atoms with Crippen LogP contribution in [0.25, 0.3) is 0 Å². The van der Waals surface area contributed by atoms with Crippen LogP contribution in [0.2, 0.25) is 0 Å². The smallest absolute Gasteiger partial charge is 0.225 e. The van der Waals surface area contributed by atoms with E-state index in [1.165, 1.54) is 0 Å². The van der Waals surface area contributed by atoms with Crippen LogP contribution >= 0.6 is 0 Å². The summed E-state index contributed by atoms with van der Waals surface area (Å²) in [6, 6.07) is 15.4. The number of hydrogen-bond donors (Lipinski definition) is 1. The third-order valence-electron chi connectivity index (χ3n) is 6.40. The Balaban J connectivity index is 1.83. The van der Waals surface area contributed by atoms with Gasteiger partial charge in [0.25, 0.3) is 0 Å². The summed E-state index contributed by atoms with van der Waals surface area (Å²) in [5.41, 5.74) is 3.00.